The SMILES string of the molecule is COCOc1c(OC)c(C)cc2c1C1[C@@H]3Cc4c(OC(C)=O)c(C)c5c(c4[C@H](CNC(=O)Cc4ccc(O[Si](C)(C)C(C)(C)C)cc4)N3[C@@H](C#N)[C@@H](C2)N1C)OCO5. The van der Waals surface area contributed by atoms with Crippen LogP contribution in [0.25, 0.3) is 0 Å². The summed E-state index contributed by atoms with van der Waals surface area (Å²) in [5.41, 5.74) is 6.00. The van der Waals surface area contributed by atoms with Crippen LogP contribution in [0.4, 0.5) is 0 Å². The van der Waals surface area contributed by atoms with E-state index in [4.69, 9.17) is 32.8 Å². The number of nitrogens with zero attached hydrogens (tertiary/aromatic N) is 3. The Balaban J connectivity index is 1.30. The van der Waals surface area contributed by atoms with E-state index in [1.165, 1.54) is 6.92 Å². The van der Waals surface area contributed by atoms with Crippen LogP contribution < -0.4 is 33.4 Å². The third-order valence-electron chi connectivity index (χ3n) is 12.8. The minimum absolute atomic E-state index is 0.00777. The quantitative estimate of drug-likeness (QED) is 0.0983. The molecule has 7 rings (SSSR count). The molecule has 0 spiro atoms. The highest BCUT2D eigenvalue weighted by molar-refractivity contribution is 6.74. The molecule has 5 atom stereocenters. The number of carbonyl (C=O) groups excluding carboxylic acids is 2. The zero-order valence-electron chi connectivity index (χ0n) is 35.5. The molecule has 1 N–H and O–H groups in total. The largest absolute Gasteiger partial charge is 0.544 e. The van der Waals surface area contributed by atoms with E-state index < -0.39 is 26.4 Å². The van der Waals surface area contributed by atoms with Gasteiger partial charge in [-0.1, -0.05) is 39.0 Å². The zero-order chi connectivity index (χ0) is 41.8. The molecule has 1 saturated heterocycles. The Bertz CT molecular complexity index is 2140. The van der Waals surface area contributed by atoms with Crippen molar-refractivity contribution in [2.75, 3.05) is 41.4 Å². The third kappa shape index (κ3) is 7.16. The second-order valence-corrected chi connectivity index (χ2v) is 22.1. The third-order valence-corrected chi connectivity index (χ3v) is 17.1. The van der Waals surface area contributed by atoms with Gasteiger partial charge in [-0.25, -0.2) is 0 Å². The Kier molecular flexibility index (Phi) is 11.2. The molecule has 310 valence electrons. The van der Waals surface area contributed by atoms with E-state index in [-0.39, 0.29) is 55.6 Å². The summed E-state index contributed by atoms with van der Waals surface area (Å²) in [7, 11) is 3.24. The first kappa shape index (κ1) is 41.4. The lowest BCUT2D eigenvalue weighted by Crippen LogP contribution is -2.68. The van der Waals surface area contributed by atoms with E-state index in [1.54, 1.807) is 14.2 Å². The summed E-state index contributed by atoms with van der Waals surface area (Å²) >= 11 is 0. The molecule has 4 heterocycles. The lowest BCUT2D eigenvalue weighted by Gasteiger charge is -2.60. The number of fused-ring (bicyclic) bond motifs is 9. The number of likely N-dealkylation sites (N-methyl/N-ethyl adjacent to an activating group) is 1. The number of nitrogens with one attached hydrogen (secondary N) is 1. The number of aryl methyl sites for hydroxylation is 1. The van der Waals surface area contributed by atoms with Gasteiger partial charge >= 0.3 is 5.97 Å². The first-order valence-corrected chi connectivity index (χ1v) is 22.8. The van der Waals surface area contributed by atoms with Gasteiger partial charge in [-0.2, -0.15) is 5.26 Å². The summed E-state index contributed by atoms with van der Waals surface area (Å²) in [6.45, 7) is 16.4. The number of rotatable bonds is 11. The van der Waals surface area contributed by atoms with Crippen molar-refractivity contribution in [2.45, 2.75) is 109 Å². The maximum atomic E-state index is 13.9. The monoisotopic (exact) mass is 812 g/mol. The van der Waals surface area contributed by atoms with E-state index >= 15 is 0 Å². The molecule has 1 fully saturated rings. The smallest absolute Gasteiger partial charge is 0.308 e. The van der Waals surface area contributed by atoms with Crippen LogP contribution >= 0.6 is 0 Å². The predicted octanol–water partition coefficient (Wildman–Crippen LogP) is 6.46. The van der Waals surface area contributed by atoms with E-state index in [2.05, 4.69) is 68.2 Å². The van der Waals surface area contributed by atoms with Gasteiger partial charge < -0.3 is 38.2 Å². The van der Waals surface area contributed by atoms with Crippen LogP contribution in [0, 0.1) is 25.2 Å². The highest BCUT2D eigenvalue weighted by atomic mass is 28.4. The number of ether oxygens (including phenoxy) is 6. The van der Waals surface area contributed by atoms with E-state index in [1.807, 2.05) is 38.1 Å². The van der Waals surface area contributed by atoms with Gasteiger partial charge in [0, 0.05) is 54.9 Å². The molecule has 14 heteroatoms. The van der Waals surface area contributed by atoms with Crippen molar-refractivity contribution in [2.24, 2.45) is 0 Å². The fraction of sp³-hybridized carbons (Fsp3) is 0.523. The van der Waals surface area contributed by atoms with Crippen molar-refractivity contribution in [1.82, 2.24) is 15.1 Å². The van der Waals surface area contributed by atoms with Gasteiger partial charge in [-0.15, -0.1) is 0 Å². The lowest BCUT2D eigenvalue weighted by atomic mass is 9.71. The molecule has 1 unspecified atom stereocenters. The maximum absolute atomic E-state index is 13.9. The van der Waals surface area contributed by atoms with Crippen LogP contribution in [-0.2, 0) is 33.6 Å². The molecule has 0 radical (unpaired) electrons. The number of nitriles is 1. The Morgan fingerprint density at radius 1 is 1.00 bits per heavy atom. The van der Waals surface area contributed by atoms with Gasteiger partial charge in [0.2, 0.25) is 21.0 Å². The van der Waals surface area contributed by atoms with Crippen molar-refractivity contribution in [1.29, 1.82) is 5.26 Å². The van der Waals surface area contributed by atoms with Crippen molar-refractivity contribution in [3.8, 4) is 40.6 Å². The maximum Gasteiger partial charge on any atom is 0.308 e. The summed E-state index contributed by atoms with van der Waals surface area (Å²) in [5, 5.41) is 14.4. The Hall–Kier alpha value is -4.81. The molecule has 0 saturated carbocycles. The van der Waals surface area contributed by atoms with E-state index in [9.17, 15) is 14.9 Å². The molecule has 0 aromatic heterocycles. The molecule has 4 aliphatic heterocycles. The number of piperazine rings is 1. The molecule has 2 bridgehead atoms. The molecule has 0 aliphatic carbocycles. The second-order valence-electron chi connectivity index (χ2n) is 17.4. The number of methoxy groups -OCH3 is 2. The summed E-state index contributed by atoms with van der Waals surface area (Å²) in [4.78, 5) is 31.1. The molecule has 13 nitrogen and oxygen atoms in total. The minimum Gasteiger partial charge on any atom is -0.544 e. The van der Waals surface area contributed by atoms with Crippen molar-refractivity contribution in [3.05, 3.63) is 69.3 Å². The highest BCUT2D eigenvalue weighted by Gasteiger charge is 2.57. The number of benzene rings is 3. The lowest BCUT2D eigenvalue weighted by molar-refractivity contribution is -0.132. The molecular formula is C44H56N4O9Si. The Morgan fingerprint density at radius 2 is 1.71 bits per heavy atom. The highest BCUT2D eigenvalue weighted by Crippen LogP contribution is 2.58. The summed E-state index contributed by atoms with van der Waals surface area (Å²) < 4.78 is 42.4. The second kappa shape index (κ2) is 15.7. The van der Waals surface area contributed by atoms with Crippen LogP contribution in [0.2, 0.25) is 18.1 Å². The summed E-state index contributed by atoms with van der Waals surface area (Å²) in [6.07, 6.45) is 1.14. The first-order chi connectivity index (χ1) is 27.5. The van der Waals surface area contributed by atoms with Gasteiger partial charge in [0.05, 0.1) is 31.7 Å². The minimum atomic E-state index is -2.03. The normalized spacial score (nSPS) is 22.2. The number of carbonyl (C=O) groups is 2. The molecule has 3 aromatic carbocycles. The number of amides is 1. The van der Waals surface area contributed by atoms with E-state index in [0.29, 0.717) is 47.2 Å². The van der Waals surface area contributed by atoms with Crippen LogP contribution in [0.15, 0.2) is 30.3 Å². The molecule has 58 heavy (non-hydrogen) atoms. The van der Waals surface area contributed by atoms with Crippen LogP contribution in [0.5, 0.6) is 34.5 Å². The number of hydrogen-bond donors (Lipinski definition) is 1. The topological polar surface area (TPSA) is 141 Å². The zero-order valence-corrected chi connectivity index (χ0v) is 36.5. The fourth-order valence-corrected chi connectivity index (χ4v) is 10.2. The van der Waals surface area contributed by atoms with E-state index in [0.717, 1.165) is 39.1 Å². The average molecular weight is 813 g/mol. The average Bonchev–Trinajstić information content (AvgIpc) is 3.65. The van der Waals surface area contributed by atoms with Crippen LogP contribution in [0.1, 0.15) is 78.7 Å². The molecule has 4 aliphatic rings. The van der Waals surface area contributed by atoms with Crippen molar-refractivity contribution >= 4 is 20.2 Å². The number of esters is 1. The van der Waals surface area contributed by atoms with Crippen molar-refractivity contribution < 1.29 is 42.4 Å². The summed E-state index contributed by atoms with van der Waals surface area (Å²) in [6, 6.07) is 10.6. The van der Waals surface area contributed by atoms with Crippen molar-refractivity contribution in [3.63, 3.8) is 0 Å². The van der Waals surface area contributed by atoms with Gasteiger partial charge in [0.1, 0.15) is 17.5 Å². The first-order valence-electron chi connectivity index (χ1n) is 19.9. The predicted molar refractivity (Wildman–Crippen MR) is 219 cm³/mol. The standard InChI is InChI=1S/C44H56N4O9Si/c1-24-16-28-18-31-33(20-45)48-32(38(47(31)7)36(28)42(39(24)52-9)53-22-51-8)19-30-37(43-41(54-23-55-43)25(2)40(30)56-26(3)49)34(48)21-46-35(50)17-27-12-14-29(15-13-27)57-58(10,11)44(4,5)6/h12-16,31-34,38H,17-19,21-23H2,1-11H3,(H,46,50)/t31-,32+,33+,34+,38?/m1/s1. The molecular weight excluding hydrogens is 757 g/mol. The number of hydrogen-bond acceptors (Lipinski definition) is 12. The summed E-state index contributed by atoms with van der Waals surface area (Å²) in [5.74, 6) is 2.82. The van der Waals surface area contributed by atoms with Crippen LogP contribution in [0.3, 0.4) is 0 Å². The Labute approximate surface area is 342 Å². The van der Waals surface area contributed by atoms with Gasteiger partial charge in [0.25, 0.3) is 0 Å². The van der Waals surface area contributed by atoms with Gasteiger partial charge in [-0.3, -0.25) is 19.4 Å². The molecule has 3 aromatic rings. The van der Waals surface area contributed by atoms with Gasteiger partial charge in [0.15, 0.2) is 29.8 Å². The van der Waals surface area contributed by atoms with Crippen LogP contribution in [-0.4, -0.2) is 89.5 Å². The Morgan fingerprint density at radius 3 is 2.34 bits per heavy atom. The molecule has 1 amide bonds. The fourth-order valence-electron chi connectivity index (χ4n) is 9.13. The van der Waals surface area contributed by atoms with Gasteiger partial charge in [-0.05, 0) is 80.7 Å².